The van der Waals surface area contributed by atoms with Crippen LogP contribution in [-0.2, 0) is 25.6 Å². The van der Waals surface area contributed by atoms with E-state index >= 15 is 0 Å². The molecule has 0 bridgehead atoms. The molecule has 1 aromatic rings. The molecule has 0 saturated carbocycles. The van der Waals surface area contributed by atoms with E-state index in [4.69, 9.17) is 9.47 Å². The average Bonchev–Trinajstić information content (AvgIpc) is 2.52. The molecule has 0 spiro atoms. The molecular formula is C18H27N3O5. The Kier molecular flexibility index (Phi) is 8.57. The van der Waals surface area contributed by atoms with Crippen molar-refractivity contribution in [1.82, 2.24) is 10.6 Å². The number of hydrogen-bond donors (Lipinski definition) is 3. The SMILES string of the molecule is COCC(=O)NCc1cccc(NC(=O)CCNC(=O)OC(C)(C)C)c1. The van der Waals surface area contributed by atoms with E-state index in [0.717, 1.165) is 5.56 Å². The van der Waals surface area contributed by atoms with Crippen LogP contribution in [-0.4, -0.2) is 43.8 Å². The minimum Gasteiger partial charge on any atom is -0.444 e. The number of methoxy groups -OCH3 is 1. The van der Waals surface area contributed by atoms with Gasteiger partial charge in [-0.05, 0) is 38.5 Å². The van der Waals surface area contributed by atoms with Crippen molar-refractivity contribution in [2.45, 2.75) is 39.3 Å². The topological polar surface area (TPSA) is 106 Å². The highest BCUT2D eigenvalue weighted by Gasteiger charge is 2.15. The zero-order chi connectivity index (χ0) is 19.6. The molecule has 1 aromatic carbocycles. The molecule has 0 fully saturated rings. The van der Waals surface area contributed by atoms with Crippen LogP contribution in [0.2, 0.25) is 0 Å². The lowest BCUT2D eigenvalue weighted by Gasteiger charge is -2.19. The first-order valence-electron chi connectivity index (χ1n) is 8.31. The smallest absolute Gasteiger partial charge is 0.407 e. The summed E-state index contributed by atoms with van der Waals surface area (Å²) in [6.07, 6.45) is -0.437. The summed E-state index contributed by atoms with van der Waals surface area (Å²) in [6.45, 7) is 5.82. The van der Waals surface area contributed by atoms with Crippen molar-refractivity contribution in [3.8, 4) is 0 Å². The molecular weight excluding hydrogens is 338 g/mol. The van der Waals surface area contributed by atoms with Crippen LogP contribution in [0.3, 0.4) is 0 Å². The standard InChI is InChI=1S/C18H27N3O5/c1-18(2,3)26-17(24)19-9-8-15(22)21-14-7-5-6-13(10-14)11-20-16(23)12-25-4/h5-7,10H,8-9,11-12H2,1-4H3,(H,19,24)(H,20,23)(H,21,22). The van der Waals surface area contributed by atoms with Gasteiger partial charge in [0, 0.05) is 32.3 Å². The summed E-state index contributed by atoms with van der Waals surface area (Å²) in [5.41, 5.74) is 0.885. The summed E-state index contributed by atoms with van der Waals surface area (Å²) in [5, 5.41) is 7.99. The van der Waals surface area contributed by atoms with Crippen LogP contribution >= 0.6 is 0 Å². The predicted octanol–water partition coefficient (Wildman–Crippen LogP) is 1.80. The van der Waals surface area contributed by atoms with Crippen LogP contribution in [0.4, 0.5) is 10.5 Å². The number of ether oxygens (including phenoxy) is 2. The number of benzene rings is 1. The number of carbonyl (C=O) groups is 3. The fourth-order valence-electron chi connectivity index (χ4n) is 1.96. The van der Waals surface area contributed by atoms with Gasteiger partial charge >= 0.3 is 6.09 Å². The zero-order valence-corrected chi connectivity index (χ0v) is 15.7. The molecule has 26 heavy (non-hydrogen) atoms. The molecule has 0 unspecified atom stereocenters. The largest absolute Gasteiger partial charge is 0.444 e. The summed E-state index contributed by atoms with van der Waals surface area (Å²) in [6, 6.07) is 7.14. The highest BCUT2D eigenvalue weighted by atomic mass is 16.6. The number of nitrogens with one attached hydrogen (secondary N) is 3. The first-order valence-corrected chi connectivity index (χ1v) is 8.31. The number of rotatable bonds is 8. The second-order valence-corrected chi connectivity index (χ2v) is 6.64. The molecule has 3 amide bonds. The van der Waals surface area contributed by atoms with Crippen molar-refractivity contribution in [2.75, 3.05) is 25.6 Å². The molecule has 0 aliphatic heterocycles. The number of alkyl carbamates (subject to hydrolysis) is 1. The fraction of sp³-hybridized carbons (Fsp3) is 0.500. The van der Waals surface area contributed by atoms with Crippen molar-refractivity contribution in [1.29, 1.82) is 0 Å². The second-order valence-electron chi connectivity index (χ2n) is 6.64. The Morgan fingerprint density at radius 2 is 1.81 bits per heavy atom. The van der Waals surface area contributed by atoms with Crippen LogP contribution in [0.15, 0.2) is 24.3 Å². The van der Waals surface area contributed by atoms with Crippen molar-refractivity contribution in [3.63, 3.8) is 0 Å². The molecule has 8 nitrogen and oxygen atoms in total. The van der Waals surface area contributed by atoms with Gasteiger partial charge in [0.2, 0.25) is 11.8 Å². The van der Waals surface area contributed by atoms with Crippen molar-refractivity contribution >= 4 is 23.6 Å². The van der Waals surface area contributed by atoms with E-state index in [-0.39, 0.29) is 31.4 Å². The third kappa shape index (κ3) is 9.63. The molecule has 8 heteroatoms. The highest BCUT2D eigenvalue weighted by Crippen LogP contribution is 2.11. The van der Waals surface area contributed by atoms with Crippen molar-refractivity contribution in [2.24, 2.45) is 0 Å². The lowest BCUT2D eigenvalue weighted by Crippen LogP contribution is -2.34. The van der Waals surface area contributed by atoms with Crippen LogP contribution in [0.25, 0.3) is 0 Å². The first-order chi connectivity index (χ1) is 12.2. The van der Waals surface area contributed by atoms with Crippen LogP contribution in [0.5, 0.6) is 0 Å². The lowest BCUT2D eigenvalue weighted by molar-refractivity contribution is -0.124. The Labute approximate surface area is 153 Å². The molecule has 144 valence electrons. The van der Waals surface area contributed by atoms with Gasteiger partial charge in [-0.1, -0.05) is 12.1 Å². The summed E-state index contributed by atoms with van der Waals surface area (Å²) >= 11 is 0. The normalized spacial score (nSPS) is 10.8. The zero-order valence-electron chi connectivity index (χ0n) is 15.7. The Bertz CT molecular complexity index is 625. The van der Waals surface area contributed by atoms with E-state index in [1.807, 2.05) is 6.07 Å². The van der Waals surface area contributed by atoms with Gasteiger partial charge in [0.1, 0.15) is 12.2 Å². The van der Waals surface area contributed by atoms with Crippen molar-refractivity contribution < 1.29 is 23.9 Å². The van der Waals surface area contributed by atoms with Gasteiger partial charge in [-0.3, -0.25) is 9.59 Å². The fourth-order valence-corrected chi connectivity index (χ4v) is 1.96. The van der Waals surface area contributed by atoms with E-state index in [1.165, 1.54) is 7.11 Å². The van der Waals surface area contributed by atoms with E-state index in [1.54, 1.807) is 39.0 Å². The Morgan fingerprint density at radius 1 is 1.08 bits per heavy atom. The molecule has 0 heterocycles. The minimum atomic E-state index is -0.578. The Balaban J connectivity index is 2.39. The maximum absolute atomic E-state index is 12.0. The Morgan fingerprint density at radius 3 is 2.46 bits per heavy atom. The lowest BCUT2D eigenvalue weighted by atomic mass is 10.2. The van der Waals surface area contributed by atoms with E-state index < -0.39 is 11.7 Å². The van der Waals surface area contributed by atoms with Gasteiger partial charge in [0.05, 0.1) is 0 Å². The molecule has 0 aromatic heterocycles. The molecule has 3 N–H and O–H groups in total. The van der Waals surface area contributed by atoms with E-state index in [2.05, 4.69) is 16.0 Å². The molecule has 0 atom stereocenters. The van der Waals surface area contributed by atoms with Crippen molar-refractivity contribution in [3.05, 3.63) is 29.8 Å². The number of amides is 3. The van der Waals surface area contributed by atoms with Gasteiger partial charge < -0.3 is 25.4 Å². The third-order valence-electron chi connectivity index (χ3n) is 3.00. The summed E-state index contributed by atoms with van der Waals surface area (Å²) in [4.78, 5) is 34.8. The van der Waals surface area contributed by atoms with Gasteiger partial charge in [-0.2, -0.15) is 0 Å². The second kappa shape index (κ2) is 10.4. The Hall–Kier alpha value is -2.61. The average molecular weight is 365 g/mol. The molecule has 1 rings (SSSR count). The van der Waals surface area contributed by atoms with E-state index in [0.29, 0.717) is 12.2 Å². The molecule has 0 radical (unpaired) electrons. The minimum absolute atomic E-state index is 0.00107. The third-order valence-corrected chi connectivity index (χ3v) is 3.00. The van der Waals surface area contributed by atoms with Crippen LogP contribution < -0.4 is 16.0 Å². The van der Waals surface area contributed by atoms with Gasteiger partial charge in [0.15, 0.2) is 0 Å². The number of anilines is 1. The first kappa shape index (κ1) is 21.4. The summed E-state index contributed by atoms with van der Waals surface area (Å²) < 4.78 is 9.83. The maximum atomic E-state index is 12.0. The van der Waals surface area contributed by atoms with Gasteiger partial charge in [0.25, 0.3) is 0 Å². The monoisotopic (exact) mass is 365 g/mol. The van der Waals surface area contributed by atoms with E-state index in [9.17, 15) is 14.4 Å². The molecule has 0 aliphatic carbocycles. The predicted molar refractivity (Wildman–Crippen MR) is 97.6 cm³/mol. The van der Waals surface area contributed by atoms with Gasteiger partial charge in [-0.25, -0.2) is 4.79 Å². The summed E-state index contributed by atoms with van der Waals surface area (Å²) in [7, 11) is 1.45. The highest BCUT2D eigenvalue weighted by molar-refractivity contribution is 5.91. The van der Waals surface area contributed by atoms with Crippen LogP contribution in [0, 0.1) is 0 Å². The quantitative estimate of drug-likeness (QED) is 0.651. The molecule has 0 saturated heterocycles. The maximum Gasteiger partial charge on any atom is 0.407 e. The molecule has 0 aliphatic rings. The van der Waals surface area contributed by atoms with Crippen LogP contribution in [0.1, 0.15) is 32.8 Å². The van der Waals surface area contributed by atoms with Gasteiger partial charge in [-0.15, -0.1) is 0 Å². The summed E-state index contributed by atoms with van der Waals surface area (Å²) in [5.74, 6) is -0.447. The number of hydrogen-bond acceptors (Lipinski definition) is 5. The number of carbonyl (C=O) groups excluding carboxylic acids is 3.